The van der Waals surface area contributed by atoms with E-state index in [-0.39, 0.29) is 0 Å². The van der Waals surface area contributed by atoms with E-state index in [0.717, 1.165) is 16.8 Å². The molecule has 0 atom stereocenters. The molecule has 0 amide bonds. The van der Waals surface area contributed by atoms with Gasteiger partial charge in [0.2, 0.25) is 0 Å². The van der Waals surface area contributed by atoms with Crippen LogP contribution in [-0.2, 0) is 0 Å². The molecular weight excluding hydrogens is 374 g/mol. The van der Waals surface area contributed by atoms with E-state index in [4.69, 9.17) is 4.98 Å². The highest BCUT2D eigenvalue weighted by Gasteiger charge is 2.11. The average Bonchev–Trinajstić information content (AvgIpc) is 2.83. The van der Waals surface area contributed by atoms with E-state index in [1.165, 1.54) is 43.6 Å². The lowest BCUT2D eigenvalue weighted by atomic mass is 9.95. The zero-order chi connectivity index (χ0) is 20.8. The van der Waals surface area contributed by atoms with Crippen molar-refractivity contribution in [3.05, 3.63) is 115 Å². The minimum Gasteiger partial charge on any atom is -0.248 e. The van der Waals surface area contributed by atoms with Crippen LogP contribution in [0.5, 0.6) is 0 Å². The summed E-state index contributed by atoms with van der Waals surface area (Å²) in [7, 11) is 0. The normalized spacial score (nSPS) is 11.4. The number of hydrogen-bond acceptors (Lipinski definition) is 1. The SMILES string of the molecule is Cc1ccc2nc(-c3ccc4ccccc4c3)cc(-c3ccc4ccccc4c3)c2c1. The number of aryl methyl sites for hydroxylation is 1. The first-order valence-corrected chi connectivity index (χ1v) is 10.6. The number of hydrogen-bond donors (Lipinski definition) is 0. The van der Waals surface area contributed by atoms with Gasteiger partial charge in [-0.3, -0.25) is 0 Å². The van der Waals surface area contributed by atoms with Crippen LogP contribution in [0.1, 0.15) is 5.56 Å². The molecule has 0 spiro atoms. The van der Waals surface area contributed by atoms with Crippen LogP contribution in [0.3, 0.4) is 0 Å². The van der Waals surface area contributed by atoms with Gasteiger partial charge < -0.3 is 0 Å². The highest BCUT2D eigenvalue weighted by atomic mass is 14.7. The highest BCUT2D eigenvalue weighted by molar-refractivity contribution is 6.00. The van der Waals surface area contributed by atoms with E-state index < -0.39 is 0 Å². The summed E-state index contributed by atoms with van der Waals surface area (Å²) in [6.45, 7) is 2.14. The van der Waals surface area contributed by atoms with E-state index in [2.05, 4.69) is 116 Å². The molecule has 1 heteroatoms. The van der Waals surface area contributed by atoms with Gasteiger partial charge in [-0.25, -0.2) is 4.98 Å². The Balaban J connectivity index is 1.62. The minimum atomic E-state index is 1.00. The van der Waals surface area contributed by atoms with Crippen LogP contribution in [0, 0.1) is 6.92 Å². The van der Waals surface area contributed by atoms with Gasteiger partial charge in [-0.2, -0.15) is 0 Å². The zero-order valence-corrected chi connectivity index (χ0v) is 17.3. The minimum absolute atomic E-state index is 1.00. The molecule has 1 nitrogen and oxygen atoms in total. The van der Waals surface area contributed by atoms with Crippen molar-refractivity contribution in [2.24, 2.45) is 0 Å². The fourth-order valence-electron chi connectivity index (χ4n) is 4.43. The summed E-state index contributed by atoms with van der Waals surface area (Å²) in [6, 6.07) is 39.1. The van der Waals surface area contributed by atoms with Gasteiger partial charge >= 0.3 is 0 Å². The van der Waals surface area contributed by atoms with E-state index in [1.807, 2.05) is 0 Å². The van der Waals surface area contributed by atoms with Gasteiger partial charge in [-0.1, -0.05) is 84.4 Å². The summed E-state index contributed by atoms with van der Waals surface area (Å²) in [5.74, 6) is 0. The molecule has 1 heterocycles. The Bertz CT molecular complexity index is 1590. The summed E-state index contributed by atoms with van der Waals surface area (Å²) >= 11 is 0. The first-order valence-electron chi connectivity index (χ1n) is 10.6. The van der Waals surface area contributed by atoms with E-state index >= 15 is 0 Å². The molecule has 0 unspecified atom stereocenters. The molecule has 0 N–H and O–H groups in total. The fraction of sp³-hybridized carbons (Fsp3) is 0.0333. The highest BCUT2D eigenvalue weighted by Crippen LogP contribution is 2.34. The van der Waals surface area contributed by atoms with Crippen LogP contribution in [0.25, 0.3) is 54.8 Å². The lowest BCUT2D eigenvalue weighted by Crippen LogP contribution is -1.91. The third-order valence-electron chi connectivity index (χ3n) is 6.07. The number of fused-ring (bicyclic) bond motifs is 3. The van der Waals surface area contributed by atoms with Crippen LogP contribution < -0.4 is 0 Å². The molecule has 5 aromatic carbocycles. The second kappa shape index (κ2) is 7.07. The summed E-state index contributed by atoms with van der Waals surface area (Å²) in [5, 5.41) is 6.19. The monoisotopic (exact) mass is 395 g/mol. The number of pyridine rings is 1. The quantitative estimate of drug-likeness (QED) is 0.288. The lowest BCUT2D eigenvalue weighted by molar-refractivity contribution is 1.39. The van der Waals surface area contributed by atoms with Crippen molar-refractivity contribution < 1.29 is 0 Å². The second-order valence-corrected chi connectivity index (χ2v) is 8.20. The van der Waals surface area contributed by atoms with Gasteiger partial charge in [0.25, 0.3) is 0 Å². The third-order valence-corrected chi connectivity index (χ3v) is 6.07. The van der Waals surface area contributed by atoms with Crippen molar-refractivity contribution in [3.8, 4) is 22.4 Å². The molecule has 0 saturated carbocycles. The Labute approximate surface area is 181 Å². The number of nitrogens with zero attached hydrogens (tertiary/aromatic N) is 1. The van der Waals surface area contributed by atoms with Crippen LogP contribution in [0.4, 0.5) is 0 Å². The maximum absolute atomic E-state index is 5.04. The Morgan fingerprint density at radius 2 is 1.13 bits per heavy atom. The molecule has 0 radical (unpaired) electrons. The molecule has 0 saturated heterocycles. The van der Waals surface area contributed by atoms with Gasteiger partial charge in [-0.15, -0.1) is 0 Å². The van der Waals surface area contributed by atoms with Crippen molar-refractivity contribution in [1.82, 2.24) is 4.98 Å². The van der Waals surface area contributed by atoms with Crippen molar-refractivity contribution in [2.75, 3.05) is 0 Å². The molecule has 146 valence electrons. The van der Waals surface area contributed by atoms with Gasteiger partial charge in [0.1, 0.15) is 0 Å². The molecule has 0 aliphatic heterocycles. The zero-order valence-electron chi connectivity index (χ0n) is 17.3. The summed E-state index contributed by atoms with van der Waals surface area (Å²) < 4.78 is 0. The largest absolute Gasteiger partial charge is 0.248 e. The molecule has 0 fully saturated rings. The van der Waals surface area contributed by atoms with E-state index in [1.54, 1.807) is 0 Å². The van der Waals surface area contributed by atoms with Crippen LogP contribution in [0.2, 0.25) is 0 Å². The Kier molecular flexibility index (Phi) is 4.07. The smallest absolute Gasteiger partial charge is 0.0716 e. The molecule has 0 bridgehead atoms. The summed E-state index contributed by atoms with van der Waals surface area (Å²) in [4.78, 5) is 5.04. The van der Waals surface area contributed by atoms with Gasteiger partial charge in [0.05, 0.1) is 11.2 Å². The molecule has 0 aliphatic carbocycles. The topological polar surface area (TPSA) is 12.9 Å². The van der Waals surface area contributed by atoms with Crippen molar-refractivity contribution in [2.45, 2.75) is 6.92 Å². The summed E-state index contributed by atoms with van der Waals surface area (Å²) in [5.41, 5.74) is 6.86. The molecule has 31 heavy (non-hydrogen) atoms. The first kappa shape index (κ1) is 17.9. The Morgan fingerprint density at radius 1 is 0.516 bits per heavy atom. The number of benzene rings is 5. The Morgan fingerprint density at radius 3 is 1.84 bits per heavy atom. The van der Waals surface area contributed by atoms with Crippen molar-refractivity contribution in [3.63, 3.8) is 0 Å². The van der Waals surface area contributed by atoms with Crippen LogP contribution >= 0.6 is 0 Å². The maximum Gasteiger partial charge on any atom is 0.0716 e. The molecule has 6 rings (SSSR count). The molecule has 1 aromatic heterocycles. The van der Waals surface area contributed by atoms with Gasteiger partial charge in [0, 0.05) is 10.9 Å². The molecule has 6 aromatic rings. The van der Waals surface area contributed by atoms with E-state index in [9.17, 15) is 0 Å². The Hall–Kier alpha value is -3.97. The first-order chi connectivity index (χ1) is 15.2. The number of rotatable bonds is 2. The fourth-order valence-corrected chi connectivity index (χ4v) is 4.43. The average molecular weight is 396 g/mol. The predicted octanol–water partition coefficient (Wildman–Crippen LogP) is 8.18. The van der Waals surface area contributed by atoms with Crippen molar-refractivity contribution >= 4 is 32.4 Å². The lowest BCUT2D eigenvalue weighted by Gasteiger charge is -2.12. The van der Waals surface area contributed by atoms with Gasteiger partial charge in [0.15, 0.2) is 0 Å². The molecular formula is C30H21N. The second-order valence-electron chi connectivity index (χ2n) is 8.20. The maximum atomic E-state index is 5.04. The van der Waals surface area contributed by atoms with Crippen LogP contribution in [0.15, 0.2) is 109 Å². The van der Waals surface area contributed by atoms with Crippen molar-refractivity contribution in [1.29, 1.82) is 0 Å². The van der Waals surface area contributed by atoms with E-state index in [0.29, 0.717) is 0 Å². The number of aromatic nitrogens is 1. The predicted molar refractivity (Wildman–Crippen MR) is 132 cm³/mol. The van der Waals surface area contributed by atoms with Crippen LogP contribution in [-0.4, -0.2) is 4.98 Å². The summed E-state index contributed by atoms with van der Waals surface area (Å²) in [6.07, 6.45) is 0. The third kappa shape index (κ3) is 3.15. The van der Waals surface area contributed by atoms with Gasteiger partial charge in [-0.05, 0) is 69.9 Å². The standard InChI is InChI=1S/C30H21N/c1-20-10-15-29-28(16-20)27(25-13-11-21-6-2-4-8-23(21)17-25)19-30(31-29)26-14-12-22-7-3-5-9-24(22)18-26/h2-19H,1H3. The molecule has 0 aliphatic rings.